The van der Waals surface area contributed by atoms with Crippen molar-refractivity contribution < 1.29 is 23.9 Å². The highest BCUT2D eigenvalue weighted by Gasteiger charge is 2.67. The lowest BCUT2D eigenvalue weighted by Gasteiger charge is -2.29. The molecule has 7 nitrogen and oxygen atoms in total. The monoisotopic (exact) mass is 450 g/mol. The van der Waals surface area contributed by atoms with Gasteiger partial charge in [0.15, 0.2) is 0 Å². The summed E-state index contributed by atoms with van der Waals surface area (Å²) in [6, 6.07) is 14.3. The predicted molar refractivity (Wildman–Crippen MR) is 124 cm³/mol. The number of carbonyl (C=O) groups excluding carboxylic acids is 3. The summed E-state index contributed by atoms with van der Waals surface area (Å²) in [5, 5.41) is 3.31. The van der Waals surface area contributed by atoms with Gasteiger partial charge >= 0.3 is 5.97 Å². The molecule has 0 aliphatic carbocycles. The van der Waals surface area contributed by atoms with Crippen LogP contribution in [0.2, 0.25) is 0 Å². The van der Waals surface area contributed by atoms with Crippen molar-refractivity contribution in [2.75, 3.05) is 18.6 Å². The topological polar surface area (TPSA) is 84.9 Å². The van der Waals surface area contributed by atoms with Crippen LogP contribution < -0.4 is 15.0 Å². The molecule has 1 N–H and O–H groups in total. The Morgan fingerprint density at radius 2 is 1.70 bits per heavy atom. The van der Waals surface area contributed by atoms with Gasteiger partial charge in [0, 0.05) is 6.04 Å². The zero-order chi connectivity index (χ0) is 23.9. The number of carbonyl (C=O) groups is 3. The van der Waals surface area contributed by atoms with Crippen molar-refractivity contribution in [3.63, 3.8) is 0 Å². The van der Waals surface area contributed by atoms with Crippen LogP contribution in [0.15, 0.2) is 48.5 Å². The first-order valence-corrected chi connectivity index (χ1v) is 11.3. The van der Waals surface area contributed by atoms with Crippen molar-refractivity contribution in [3.05, 3.63) is 59.7 Å². The molecule has 0 saturated carbocycles. The molecule has 2 aromatic rings. The summed E-state index contributed by atoms with van der Waals surface area (Å²) >= 11 is 0. The van der Waals surface area contributed by atoms with E-state index in [2.05, 4.69) is 19.2 Å². The Labute approximate surface area is 194 Å². The molecule has 0 radical (unpaired) electrons. The molecular weight excluding hydrogens is 420 g/mol. The van der Waals surface area contributed by atoms with Gasteiger partial charge in [0.2, 0.25) is 11.8 Å². The molecule has 2 heterocycles. The van der Waals surface area contributed by atoms with E-state index in [0.29, 0.717) is 17.4 Å². The van der Waals surface area contributed by atoms with Crippen molar-refractivity contribution in [2.24, 2.45) is 11.8 Å². The molecule has 0 bridgehead atoms. The number of hydrogen-bond acceptors (Lipinski definition) is 6. The van der Waals surface area contributed by atoms with E-state index in [4.69, 9.17) is 9.47 Å². The van der Waals surface area contributed by atoms with E-state index in [-0.39, 0.29) is 12.5 Å². The quantitative estimate of drug-likeness (QED) is 0.535. The number of ether oxygens (including phenoxy) is 2. The summed E-state index contributed by atoms with van der Waals surface area (Å²) in [6.45, 7) is 7.80. The SMILES string of the molecule is CCOC(=O)[C@]1(C)N[C@H](c2ccc(C(C)C)cc2)[C@H]2C(=O)N(c3ccc(OC)cc3)C(=O)[C@@H]21. The minimum Gasteiger partial charge on any atom is -0.497 e. The number of nitrogens with zero attached hydrogens (tertiary/aromatic N) is 1. The largest absolute Gasteiger partial charge is 0.497 e. The molecule has 0 unspecified atom stereocenters. The number of anilines is 1. The average Bonchev–Trinajstić information content (AvgIpc) is 3.27. The number of fused-ring (bicyclic) bond motifs is 1. The number of amides is 2. The maximum atomic E-state index is 13.7. The van der Waals surface area contributed by atoms with Crippen molar-refractivity contribution in [1.82, 2.24) is 5.32 Å². The smallest absolute Gasteiger partial charge is 0.326 e. The fraction of sp³-hybridized carbons (Fsp3) is 0.423. The highest BCUT2D eigenvalue weighted by molar-refractivity contribution is 6.24. The van der Waals surface area contributed by atoms with Gasteiger partial charge in [0.05, 0.1) is 31.2 Å². The number of methoxy groups -OCH3 is 1. The molecule has 7 heteroatoms. The highest BCUT2D eigenvalue weighted by atomic mass is 16.5. The first kappa shape index (κ1) is 23.0. The molecule has 2 aliphatic rings. The molecule has 33 heavy (non-hydrogen) atoms. The average molecular weight is 451 g/mol. The Morgan fingerprint density at radius 1 is 1.06 bits per heavy atom. The van der Waals surface area contributed by atoms with E-state index < -0.39 is 35.3 Å². The first-order chi connectivity index (χ1) is 15.7. The first-order valence-electron chi connectivity index (χ1n) is 11.3. The zero-order valence-electron chi connectivity index (χ0n) is 19.6. The lowest BCUT2D eigenvalue weighted by molar-refractivity contribution is -0.153. The van der Waals surface area contributed by atoms with Gasteiger partial charge in [-0.25, -0.2) is 4.90 Å². The third-order valence-corrected chi connectivity index (χ3v) is 6.78. The van der Waals surface area contributed by atoms with Crippen molar-refractivity contribution in [3.8, 4) is 5.75 Å². The summed E-state index contributed by atoms with van der Waals surface area (Å²) < 4.78 is 10.5. The Bertz CT molecular complexity index is 1060. The molecular formula is C26H30N2O5. The Morgan fingerprint density at radius 3 is 2.24 bits per heavy atom. The molecule has 4 rings (SSSR count). The second-order valence-electron chi connectivity index (χ2n) is 9.08. The molecule has 2 amide bonds. The van der Waals surface area contributed by atoms with Crippen molar-refractivity contribution in [1.29, 1.82) is 0 Å². The van der Waals surface area contributed by atoms with Gasteiger partial charge < -0.3 is 9.47 Å². The zero-order valence-corrected chi connectivity index (χ0v) is 19.6. The molecule has 2 aliphatic heterocycles. The van der Waals surface area contributed by atoms with E-state index in [1.807, 2.05) is 24.3 Å². The normalized spacial score (nSPS) is 26.6. The Hall–Kier alpha value is -3.19. The summed E-state index contributed by atoms with van der Waals surface area (Å²) in [4.78, 5) is 41.5. The van der Waals surface area contributed by atoms with E-state index in [1.54, 1.807) is 45.2 Å². The molecule has 0 aromatic heterocycles. The number of imide groups is 1. The highest BCUT2D eigenvalue weighted by Crippen LogP contribution is 2.50. The van der Waals surface area contributed by atoms with Crippen LogP contribution in [0.3, 0.4) is 0 Å². The fourth-order valence-corrected chi connectivity index (χ4v) is 4.97. The van der Waals surface area contributed by atoms with Crippen LogP contribution in [-0.4, -0.2) is 37.0 Å². The van der Waals surface area contributed by atoms with Gasteiger partial charge in [-0.1, -0.05) is 38.1 Å². The Balaban J connectivity index is 1.77. The molecule has 2 aromatic carbocycles. The lowest BCUT2D eigenvalue weighted by atomic mass is 9.80. The summed E-state index contributed by atoms with van der Waals surface area (Å²) in [5.74, 6) is -1.86. The summed E-state index contributed by atoms with van der Waals surface area (Å²) in [5.41, 5.74) is 1.17. The van der Waals surface area contributed by atoms with Gasteiger partial charge in [-0.15, -0.1) is 0 Å². The number of nitrogens with one attached hydrogen (secondary N) is 1. The summed E-state index contributed by atoms with van der Waals surface area (Å²) in [6.07, 6.45) is 0. The number of benzene rings is 2. The molecule has 174 valence electrons. The second-order valence-corrected chi connectivity index (χ2v) is 9.08. The standard InChI is InChI=1S/C26H30N2O5/c1-6-33-25(31)26(4)21-20(22(27-26)17-9-7-16(8-10-17)15(2)3)23(29)28(24(21)30)18-11-13-19(32-5)14-12-18/h7-15,20-22,27H,6H2,1-5H3/t20-,21+,22+,26+/m0/s1. The molecule has 0 spiro atoms. The lowest BCUT2D eigenvalue weighted by Crippen LogP contribution is -2.54. The van der Waals surface area contributed by atoms with Crippen LogP contribution in [0.25, 0.3) is 0 Å². The van der Waals surface area contributed by atoms with Crippen molar-refractivity contribution >= 4 is 23.5 Å². The van der Waals surface area contributed by atoms with Crippen molar-refractivity contribution in [2.45, 2.75) is 45.2 Å². The maximum absolute atomic E-state index is 13.7. The number of esters is 1. The third kappa shape index (κ3) is 3.70. The van der Waals surface area contributed by atoms with Crippen LogP contribution in [-0.2, 0) is 19.1 Å². The number of hydrogen-bond donors (Lipinski definition) is 1. The minimum atomic E-state index is -1.32. The summed E-state index contributed by atoms with van der Waals surface area (Å²) in [7, 11) is 1.55. The van der Waals surface area contributed by atoms with Gasteiger partial charge in [-0.05, 0) is 55.2 Å². The van der Waals surface area contributed by atoms with Gasteiger partial charge in [0.1, 0.15) is 11.3 Å². The van der Waals surface area contributed by atoms with Crippen LogP contribution in [0, 0.1) is 11.8 Å². The van der Waals surface area contributed by atoms with Gasteiger partial charge in [-0.2, -0.15) is 0 Å². The third-order valence-electron chi connectivity index (χ3n) is 6.78. The van der Waals surface area contributed by atoms with E-state index in [9.17, 15) is 14.4 Å². The van der Waals surface area contributed by atoms with Crippen LogP contribution in [0.5, 0.6) is 5.75 Å². The van der Waals surface area contributed by atoms with Crippen LogP contribution >= 0.6 is 0 Å². The Kier molecular flexibility index (Phi) is 6.01. The van der Waals surface area contributed by atoms with Crippen LogP contribution in [0.4, 0.5) is 5.69 Å². The maximum Gasteiger partial charge on any atom is 0.326 e. The molecule has 2 saturated heterocycles. The molecule has 2 fully saturated rings. The van der Waals surface area contributed by atoms with E-state index >= 15 is 0 Å². The number of rotatable bonds is 6. The van der Waals surface area contributed by atoms with E-state index in [0.717, 1.165) is 5.56 Å². The van der Waals surface area contributed by atoms with Gasteiger partial charge in [-0.3, -0.25) is 19.7 Å². The van der Waals surface area contributed by atoms with Gasteiger partial charge in [0.25, 0.3) is 0 Å². The second kappa shape index (κ2) is 8.63. The minimum absolute atomic E-state index is 0.186. The predicted octanol–water partition coefficient (Wildman–Crippen LogP) is 3.59. The fourth-order valence-electron chi connectivity index (χ4n) is 4.97. The molecule has 4 atom stereocenters. The van der Waals surface area contributed by atoms with Crippen LogP contribution in [0.1, 0.15) is 50.8 Å². The van der Waals surface area contributed by atoms with E-state index in [1.165, 1.54) is 10.5 Å².